The minimum absolute atomic E-state index is 0.181. The smallest absolute Gasteiger partial charge is 0.361 e. The molecular formula is C84H144NO8+. The SMILES string of the molecule is CC/C=C\C/C=C\C/C=C\C/C=C\C/C=C\C/C=C\C/C=C\C/C=C\C/C=C\C/C=C\C/C=C\CCCCCCCCCC(=O)OC(COC(=O)CCCCCCCCCCCCCCCCCCCCCCCCCCCCC)COC(OCC[N+](C)(C)C)C(=O)O. The second kappa shape index (κ2) is 73.2. The number of carboxylic acids is 1. The monoisotopic (exact) mass is 1300 g/mol. The van der Waals surface area contributed by atoms with E-state index >= 15 is 0 Å². The third-order valence-electron chi connectivity index (χ3n) is 16.4. The number of hydrogen-bond acceptors (Lipinski definition) is 7. The predicted octanol–water partition coefficient (Wildman–Crippen LogP) is 24.5. The molecule has 0 aromatic carbocycles. The number of allylic oxidation sites excluding steroid dienone is 22. The second-order valence-corrected chi connectivity index (χ2v) is 26.6. The van der Waals surface area contributed by atoms with E-state index < -0.39 is 24.3 Å². The van der Waals surface area contributed by atoms with Gasteiger partial charge in [-0.15, -0.1) is 0 Å². The summed E-state index contributed by atoms with van der Waals surface area (Å²) in [6.45, 7) is 4.78. The summed E-state index contributed by atoms with van der Waals surface area (Å²) in [6, 6.07) is 0. The molecule has 2 unspecified atom stereocenters. The topological polar surface area (TPSA) is 108 Å². The lowest BCUT2D eigenvalue weighted by Crippen LogP contribution is -2.40. The average Bonchev–Trinajstić information content (AvgIpc) is 3.38. The van der Waals surface area contributed by atoms with Gasteiger partial charge in [-0.25, -0.2) is 4.79 Å². The molecule has 9 nitrogen and oxygen atoms in total. The van der Waals surface area contributed by atoms with Crippen LogP contribution in [0.2, 0.25) is 0 Å². The molecule has 2 atom stereocenters. The van der Waals surface area contributed by atoms with E-state index in [-0.39, 0.29) is 32.2 Å². The van der Waals surface area contributed by atoms with Crippen molar-refractivity contribution in [3.05, 3.63) is 134 Å². The highest BCUT2D eigenvalue weighted by Gasteiger charge is 2.25. The molecule has 0 saturated heterocycles. The van der Waals surface area contributed by atoms with E-state index in [2.05, 4.69) is 148 Å². The Balaban J connectivity index is 4.14. The maximum atomic E-state index is 13.0. The zero-order valence-corrected chi connectivity index (χ0v) is 60.9. The molecule has 0 aliphatic rings. The van der Waals surface area contributed by atoms with Crippen LogP contribution >= 0.6 is 0 Å². The first kappa shape index (κ1) is 88.4. The number of quaternary nitrogens is 1. The first-order chi connectivity index (χ1) is 45.6. The Kier molecular flexibility index (Phi) is 69.6. The quantitative estimate of drug-likeness (QED) is 0.0211. The van der Waals surface area contributed by atoms with Crippen LogP contribution in [0.15, 0.2) is 134 Å². The normalized spacial score (nSPS) is 13.4. The van der Waals surface area contributed by atoms with Crippen molar-refractivity contribution in [2.24, 2.45) is 0 Å². The van der Waals surface area contributed by atoms with E-state index in [4.69, 9.17) is 18.9 Å². The van der Waals surface area contributed by atoms with Gasteiger partial charge in [-0.05, 0) is 96.3 Å². The van der Waals surface area contributed by atoms with E-state index in [1.165, 1.54) is 173 Å². The first-order valence-electron chi connectivity index (χ1n) is 38.3. The number of carboxylic acid groups (broad SMARTS) is 1. The van der Waals surface area contributed by atoms with Gasteiger partial charge in [0.15, 0.2) is 6.10 Å². The van der Waals surface area contributed by atoms with Gasteiger partial charge in [-0.1, -0.05) is 347 Å². The third kappa shape index (κ3) is 74.7. The molecule has 0 fully saturated rings. The van der Waals surface area contributed by atoms with Gasteiger partial charge in [-0.2, -0.15) is 0 Å². The Morgan fingerprint density at radius 1 is 0.333 bits per heavy atom. The number of unbranched alkanes of at least 4 members (excludes halogenated alkanes) is 33. The Morgan fingerprint density at radius 2 is 0.613 bits per heavy atom. The van der Waals surface area contributed by atoms with Crippen LogP contribution in [0.5, 0.6) is 0 Å². The van der Waals surface area contributed by atoms with Gasteiger partial charge >= 0.3 is 17.9 Å². The summed E-state index contributed by atoms with van der Waals surface area (Å²) in [5, 5.41) is 9.76. The zero-order chi connectivity index (χ0) is 67.5. The van der Waals surface area contributed by atoms with Crippen molar-refractivity contribution in [3.8, 4) is 0 Å². The van der Waals surface area contributed by atoms with E-state index in [1.807, 2.05) is 21.1 Å². The molecule has 9 heteroatoms. The molecule has 532 valence electrons. The molecule has 0 aliphatic carbocycles. The number of aliphatic carboxylic acids is 1. The number of likely N-dealkylation sites (N-methyl/N-ethyl adjacent to an activating group) is 1. The van der Waals surface area contributed by atoms with Crippen molar-refractivity contribution in [1.29, 1.82) is 0 Å². The Labute approximate surface area is 573 Å². The number of nitrogens with zero attached hydrogens (tertiary/aromatic N) is 1. The largest absolute Gasteiger partial charge is 0.477 e. The van der Waals surface area contributed by atoms with Crippen molar-refractivity contribution in [1.82, 2.24) is 0 Å². The van der Waals surface area contributed by atoms with Crippen LogP contribution in [0.1, 0.15) is 322 Å². The first-order valence-corrected chi connectivity index (χ1v) is 38.3. The molecule has 0 rings (SSSR count). The number of ether oxygens (including phenoxy) is 4. The van der Waals surface area contributed by atoms with Crippen LogP contribution in [0.3, 0.4) is 0 Å². The molecule has 0 saturated carbocycles. The fraction of sp³-hybridized carbons (Fsp3) is 0.702. The summed E-state index contributed by atoms with van der Waals surface area (Å²) in [5.74, 6) is -2.01. The van der Waals surface area contributed by atoms with Gasteiger partial charge in [0.2, 0.25) is 0 Å². The molecule has 0 aliphatic heterocycles. The van der Waals surface area contributed by atoms with Gasteiger partial charge in [0.1, 0.15) is 13.2 Å². The number of carbonyl (C=O) groups excluding carboxylic acids is 2. The molecule has 1 N–H and O–H groups in total. The second-order valence-electron chi connectivity index (χ2n) is 26.6. The van der Waals surface area contributed by atoms with Gasteiger partial charge in [0.25, 0.3) is 6.29 Å². The molecule has 0 heterocycles. The van der Waals surface area contributed by atoms with Crippen LogP contribution in [0, 0.1) is 0 Å². The Bertz CT molecular complexity index is 2000. The van der Waals surface area contributed by atoms with Crippen LogP contribution in [-0.2, 0) is 33.3 Å². The van der Waals surface area contributed by atoms with Crippen molar-refractivity contribution in [2.75, 3.05) is 47.5 Å². The summed E-state index contributed by atoms with van der Waals surface area (Å²) in [7, 11) is 5.98. The van der Waals surface area contributed by atoms with Crippen molar-refractivity contribution >= 4 is 17.9 Å². The van der Waals surface area contributed by atoms with Crippen molar-refractivity contribution in [2.45, 2.75) is 334 Å². The minimum Gasteiger partial charge on any atom is -0.477 e. The lowest BCUT2D eigenvalue weighted by Gasteiger charge is -2.25. The molecule has 0 radical (unpaired) electrons. The van der Waals surface area contributed by atoms with Crippen LogP contribution in [0.4, 0.5) is 0 Å². The molecular weight excluding hydrogens is 1150 g/mol. The number of esters is 2. The summed E-state index contributed by atoms with van der Waals surface area (Å²) >= 11 is 0. The summed E-state index contributed by atoms with van der Waals surface area (Å²) in [5.41, 5.74) is 0. The van der Waals surface area contributed by atoms with E-state index in [9.17, 15) is 19.5 Å². The standard InChI is InChI=1S/C84H143NO8/c1-6-8-10-12-14-16-18-20-22-24-26-28-30-32-34-35-36-37-38-39-40-41-42-43-44-45-46-47-49-51-53-55-57-59-61-63-65-67-69-71-73-75-82(87)93-80(79-92-84(83(88)89)90-77-76-85(3,4)5)78-91-81(86)74-72-70-68-66-64-62-60-58-56-54-52-50-48-33-31-29-27-25-23-21-19-17-15-13-11-9-7-2/h8,10,14,16,20,22,26,28,32,34,36-37,39-40,42-43,45-46,49,51,55,57,80,84H,6-7,9,11-13,15,17-19,21,23-25,27,29-31,33,35,38,41,44,47-48,50,52-54,56,58-79H2,1-5H3/p+1/b10-8-,16-14-,22-20-,28-26-,34-32-,37-36-,40-39-,43-42-,46-45-,51-49-,57-55-. The van der Waals surface area contributed by atoms with Crippen molar-refractivity contribution < 1.29 is 42.9 Å². The maximum Gasteiger partial charge on any atom is 0.361 e. The molecule has 0 aromatic rings. The van der Waals surface area contributed by atoms with Gasteiger partial charge in [0.05, 0.1) is 34.4 Å². The number of carbonyl (C=O) groups is 3. The highest BCUT2D eigenvalue weighted by molar-refractivity contribution is 5.71. The van der Waals surface area contributed by atoms with Crippen LogP contribution in [0.25, 0.3) is 0 Å². The van der Waals surface area contributed by atoms with Crippen LogP contribution in [-0.4, -0.2) is 87.4 Å². The number of hydrogen-bond donors (Lipinski definition) is 1. The van der Waals surface area contributed by atoms with E-state index in [1.54, 1.807) is 0 Å². The van der Waals surface area contributed by atoms with E-state index in [0.717, 1.165) is 116 Å². The van der Waals surface area contributed by atoms with E-state index in [0.29, 0.717) is 23.9 Å². The molecule has 93 heavy (non-hydrogen) atoms. The molecule has 0 spiro atoms. The summed E-state index contributed by atoms with van der Waals surface area (Å²) in [4.78, 5) is 37.7. The van der Waals surface area contributed by atoms with Gasteiger partial charge in [-0.3, -0.25) is 9.59 Å². The lowest BCUT2D eigenvalue weighted by atomic mass is 10.0. The fourth-order valence-corrected chi connectivity index (χ4v) is 10.6. The molecule has 0 bridgehead atoms. The molecule has 0 aromatic heterocycles. The van der Waals surface area contributed by atoms with Crippen LogP contribution < -0.4 is 0 Å². The molecule has 0 amide bonds. The minimum atomic E-state index is -1.52. The highest BCUT2D eigenvalue weighted by Crippen LogP contribution is 2.18. The lowest BCUT2D eigenvalue weighted by molar-refractivity contribution is -0.870. The highest BCUT2D eigenvalue weighted by atomic mass is 16.7. The zero-order valence-electron chi connectivity index (χ0n) is 60.9. The average molecular weight is 1300 g/mol. The summed E-state index contributed by atoms with van der Waals surface area (Å²) < 4.78 is 23.0. The third-order valence-corrected chi connectivity index (χ3v) is 16.4. The van der Waals surface area contributed by atoms with Gasteiger partial charge in [0, 0.05) is 12.8 Å². The number of rotatable bonds is 70. The summed E-state index contributed by atoms with van der Waals surface area (Å²) in [6.07, 6.45) is 103. The predicted molar refractivity (Wildman–Crippen MR) is 401 cm³/mol. The maximum absolute atomic E-state index is 13.0. The fourth-order valence-electron chi connectivity index (χ4n) is 10.6. The van der Waals surface area contributed by atoms with Crippen molar-refractivity contribution in [3.63, 3.8) is 0 Å². The Hall–Kier alpha value is -4.57. The Morgan fingerprint density at radius 3 is 0.914 bits per heavy atom. The van der Waals surface area contributed by atoms with Gasteiger partial charge < -0.3 is 28.5 Å².